The number of nitrogens with zero attached hydrogens (tertiary/aromatic N) is 1. The van der Waals surface area contributed by atoms with E-state index in [9.17, 15) is 0 Å². The Kier molecular flexibility index (Phi) is 5.00. The largest absolute Gasteiger partial charge is 0.369 e. The molecule has 0 radical (unpaired) electrons. The molecule has 0 fully saturated rings. The molecule has 19 heavy (non-hydrogen) atoms. The van der Waals surface area contributed by atoms with E-state index in [4.69, 9.17) is 0 Å². The van der Waals surface area contributed by atoms with Crippen LogP contribution in [0.3, 0.4) is 0 Å². The van der Waals surface area contributed by atoms with Crippen molar-refractivity contribution in [1.82, 2.24) is 5.32 Å². The molecule has 0 aliphatic heterocycles. The average molecular weight is 274 g/mol. The Bertz CT molecular complexity index is 474. The highest BCUT2D eigenvalue weighted by molar-refractivity contribution is 7.09. The maximum Gasteiger partial charge on any atom is 0.0519 e. The molecule has 0 unspecified atom stereocenters. The van der Waals surface area contributed by atoms with E-state index in [1.54, 1.807) is 0 Å². The van der Waals surface area contributed by atoms with E-state index in [0.29, 0.717) is 6.04 Å². The fourth-order valence-electron chi connectivity index (χ4n) is 1.92. The number of hydrogen-bond acceptors (Lipinski definition) is 3. The normalized spacial score (nSPS) is 10.9. The van der Waals surface area contributed by atoms with Gasteiger partial charge in [0, 0.05) is 30.2 Å². The summed E-state index contributed by atoms with van der Waals surface area (Å²) in [5, 5.41) is 5.56. The molecule has 3 heteroatoms. The van der Waals surface area contributed by atoms with Gasteiger partial charge in [-0.1, -0.05) is 32.0 Å². The Labute approximate surface area is 120 Å². The minimum absolute atomic E-state index is 0.529. The summed E-state index contributed by atoms with van der Waals surface area (Å²) < 4.78 is 0. The third-order valence-electron chi connectivity index (χ3n) is 3.06. The Balaban J connectivity index is 1.93. The van der Waals surface area contributed by atoms with E-state index in [1.807, 2.05) is 11.3 Å². The van der Waals surface area contributed by atoms with Crippen molar-refractivity contribution in [2.75, 3.05) is 11.9 Å². The van der Waals surface area contributed by atoms with E-state index < -0.39 is 0 Å². The molecule has 0 saturated carbocycles. The average Bonchev–Trinajstić information content (AvgIpc) is 2.89. The highest BCUT2D eigenvalue weighted by Crippen LogP contribution is 2.18. The molecule has 0 atom stereocenters. The molecule has 1 N–H and O–H groups in total. The van der Waals surface area contributed by atoms with E-state index in [0.717, 1.165) is 13.1 Å². The van der Waals surface area contributed by atoms with E-state index >= 15 is 0 Å². The SMILES string of the molecule is CC(C)NCc1ccc(N(C)Cc2cccs2)cc1. The minimum Gasteiger partial charge on any atom is -0.369 e. The van der Waals surface area contributed by atoms with Crippen molar-refractivity contribution in [2.24, 2.45) is 0 Å². The van der Waals surface area contributed by atoms with Crippen LogP contribution in [0.25, 0.3) is 0 Å². The van der Waals surface area contributed by atoms with Gasteiger partial charge in [-0.3, -0.25) is 0 Å². The summed E-state index contributed by atoms with van der Waals surface area (Å²) in [6.45, 7) is 6.25. The molecule has 2 nitrogen and oxygen atoms in total. The summed E-state index contributed by atoms with van der Waals surface area (Å²) in [5.74, 6) is 0. The second kappa shape index (κ2) is 6.73. The summed E-state index contributed by atoms with van der Waals surface area (Å²) >= 11 is 1.81. The quantitative estimate of drug-likeness (QED) is 0.860. The lowest BCUT2D eigenvalue weighted by Gasteiger charge is -2.19. The second-order valence-electron chi connectivity index (χ2n) is 5.14. The summed E-state index contributed by atoms with van der Waals surface area (Å²) in [4.78, 5) is 3.68. The first kappa shape index (κ1) is 14.1. The van der Waals surface area contributed by atoms with E-state index in [1.165, 1.54) is 16.1 Å². The summed E-state index contributed by atoms with van der Waals surface area (Å²) in [6, 6.07) is 13.6. The highest BCUT2D eigenvalue weighted by atomic mass is 32.1. The highest BCUT2D eigenvalue weighted by Gasteiger charge is 2.03. The van der Waals surface area contributed by atoms with Gasteiger partial charge in [-0.15, -0.1) is 11.3 Å². The maximum absolute atomic E-state index is 3.43. The Morgan fingerprint density at radius 1 is 1.16 bits per heavy atom. The number of hydrogen-bond donors (Lipinski definition) is 1. The van der Waals surface area contributed by atoms with Crippen molar-refractivity contribution in [3.05, 3.63) is 52.2 Å². The van der Waals surface area contributed by atoms with Crippen LogP contribution >= 0.6 is 11.3 Å². The van der Waals surface area contributed by atoms with Gasteiger partial charge in [0.1, 0.15) is 0 Å². The van der Waals surface area contributed by atoms with Crippen LogP contribution in [0.1, 0.15) is 24.3 Å². The second-order valence-corrected chi connectivity index (χ2v) is 6.17. The van der Waals surface area contributed by atoms with Gasteiger partial charge >= 0.3 is 0 Å². The molecule has 2 aromatic rings. The third-order valence-corrected chi connectivity index (χ3v) is 3.93. The van der Waals surface area contributed by atoms with Gasteiger partial charge in [0.2, 0.25) is 0 Å². The topological polar surface area (TPSA) is 15.3 Å². The maximum atomic E-state index is 3.43. The van der Waals surface area contributed by atoms with Crippen LogP contribution in [-0.4, -0.2) is 13.1 Å². The standard InChI is InChI=1S/C16H22N2S/c1-13(2)17-11-14-6-8-15(9-7-14)18(3)12-16-5-4-10-19-16/h4-10,13,17H,11-12H2,1-3H3. The van der Waals surface area contributed by atoms with Crippen molar-refractivity contribution in [3.63, 3.8) is 0 Å². The third kappa shape index (κ3) is 4.37. The first-order valence-electron chi connectivity index (χ1n) is 6.71. The van der Waals surface area contributed by atoms with E-state index in [2.05, 4.69) is 72.9 Å². The van der Waals surface area contributed by atoms with Gasteiger partial charge in [0.25, 0.3) is 0 Å². The summed E-state index contributed by atoms with van der Waals surface area (Å²) in [5.41, 5.74) is 2.60. The van der Waals surface area contributed by atoms with Gasteiger partial charge in [0.05, 0.1) is 6.54 Å². The number of thiophene rings is 1. The smallest absolute Gasteiger partial charge is 0.0519 e. The number of benzene rings is 1. The van der Waals surface area contributed by atoms with Crippen LogP contribution in [-0.2, 0) is 13.1 Å². The van der Waals surface area contributed by atoms with Crippen LogP contribution in [0.5, 0.6) is 0 Å². The fourth-order valence-corrected chi connectivity index (χ4v) is 2.68. The Morgan fingerprint density at radius 2 is 1.89 bits per heavy atom. The Hall–Kier alpha value is -1.32. The predicted octanol–water partition coefficient (Wildman–Crippen LogP) is 3.88. The number of nitrogens with one attached hydrogen (secondary N) is 1. The van der Waals surface area contributed by atoms with Crippen LogP contribution in [0, 0.1) is 0 Å². The molecule has 0 saturated heterocycles. The van der Waals surface area contributed by atoms with Crippen LogP contribution in [0.2, 0.25) is 0 Å². The van der Waals surface area contributed by atoms with Gasteiger partial charge in [-0.05, 0) is 29.1 Å². The van der Waals surface area contributed by atoms with Crippen LogP contribution in [0.4, 0.5) is 5.69 Å². The van der Waals surface area contributed by atoms with Crippen molar-refractivity contribution in [2.45, 2.75) is 33.0 Å². The molecule has 0 spiro atoms. The lowest BCUT2D eigenvalue weighted by atomic mass is 10.2. The molecule has 1 aromatic carbocycles. The van der Waals surface area contributed by atoms with Gasteiger partial charge in [-0.2, -0.15) is 0 Å². The zero-order valence-corrected chi connectivity index (χ0v) is 12.7. The summed E-state index contributed by atoms with van der Waals surface area (Å²) in [6.07, 6.45) is 0. The lowest BCUT2D eigenvalue weighted by Crippen LogP contribution is -2.21. The minimum atomic E-state index is 0.529. The molecular formula is C16H22N2S. The van der Waals surface area contributed by atoms with E-state index in [-0.39, 0.29) is 0 Å². The Morgan fingerprint density at radius 3 is 2.47 bits per heavy atom. The van der Waals surface area contributed by atoms with Crippen LogP contribution < -0.4 is 10.2 Å². The number of rotatable bonds is 6. The van der Waals surface area contributed by atoms with Crippen molar-refractivity contribution < 1.29 is 0 Å². The van der Waals surface area contributed by atoms with Crippen molar-refractivity contribution in [3.8, 4) is 0 Å². The molecule has 0 amide bonds. The van der Waals surface area contributed by atoms with Gasteiger partial charge < -0.3 is 10.2 Å². The molecule has 102 valence electrons. The molecule has 1 heterocycles. The zero-order valence-electron chi connectivity index (χ0n) is 11.9. The van der Waals surface area contributed by atoms with Crippen molar-refractivity contribution >= 4 is 17.0 Å². The summed E-state index contributed by atoms with van der Waals surface area (Å²) in [7, 11) is 2.14. The first-order chi connectivity index (χ1) is 9.15. The zero-order chi connectivity index (χ0) is 13.7. The molecular weight excluding hydrogens is 252 g/mol. The lowest BCUT2D eigenvalue weighted by molar-refractivity contribution is 0.589. The number of anilines is 1. The van der Waals surface area contributed by atoms with Gasteiger partial charge in [0.15, 0.2) is 0 Å². The monoisotopic (exact) mass is 274 g/mol. The fraction of sp³-hybridized carbons (Fsp3) is 0.375. The molecule has 0 aliphatic rings. The molecule has 2 rings (SSSR count). The van der Waals surface area contributed by atoms with Crippen molar-refractivity contribution in [1.29, 1.82) is 0 Å². The molecule has 1 aromatic heterocycles. The van der Waals surface area contributed by atoms with Crippen LogP contribution in [0.15, 0.2) is 41.8 Å². The first-order valence-corrected chi connectivity index (χ1v) is 7.59. The van der Waals surface area contributed by atoms with Gasteiger partial charge in [-0.25, -0.2) is 0 Å². The molecule has 0 bridgehead atoms. The molecule has 0 aliphatic carbocycles. The predicted molar refractivity (Wildman–Crippen MR) is 84.8 cm³/mol.